The van der Waals surface area contributed by atoms with Gasteiger partial charge < -0.3 is 9.64 Å². The van der Waals surface area contributed by atoms with Crippen LogP contribution < -0.4 is 4.90 Å². The second-order valence-electron chi connectivity index (χ2n) is 6.06. The predicted molar refractivity (Wildman–Crippen MR) is 101 cm³/mol. The first-order valence-electron chi connectivity index (χ1n) is 8.84. The van der Waals surface area contributed by atoms with Crippen LogP contribution in [-0.2, 0) is 20.9 Å². The van der Waals surface area contributed by atoms with E-state index in [4.69, 9.17) is 4.74 Å². The quantitative estimate of drug-likeness (QED) is 0.612. The van der Waals surface area contributed by atoms with Gasteiger partial charge in [0.15, 0.2) is 0 Å². The van der Waals surface area contributed by atoms with Crippen molar-refractivity contribution in [2.45, 2.75) is 32.7 Å². The maximum Gasteiger partial charge on any atom is 0.305 e. The standard InChI is InChI=1S/C22H21NO3/c1-2-26-22(25)13-7-12-21(24)23-16-19-10-4-3-8-17(19)14-15-18-9-5-6-11-20(18)23/h3-6,8-11H,2,7,12-13,16H2,1H3. The Morgan fingerprint density at radius 3 is 2.50 bits per heavy atom. The number of amides is 1. The number of carbonyl (C=O) groups is 2. The van der Waals surface area contributed by atoms with Crippen molar-refractivity contribution < 1.29 is 14.3 Å². The Morgan fingerprint density at radius 2 is 1.69 bits per heavy atom. The van der Waals surface area contributed by atoms with Gasteiger partial charge in [-0.3, -0.25) is 9.59 Å². The number of nitrogens with zero attached hydrogens (tertiary/aromatic N) is 1. The van der Waals surface area contributed by atoms with E-state index in [2.05, 4.69) is 11.8 Å². The van der Waals surface area contributed by atoms with Gasteiger partial charge in [-0.05, 0) is 37.1 Å². The van der Waals surface area contributed by atoms with E-state index >= 15 is 0 Å². The van der Waals surface area contributed by atoms with E-state index in [-0.39, 0.29) is 18.3 Å². The number of hydrogen-bond donors (Lipinski definition) is 0. The number of benzene rings is 2. The van der Waals surface area contributed by atoms with Gasteiger partial charge in [0.05, 0.1) is 18.8 Å². The Bertz CT molecular complexity index is 876. The van der Waals surface area contributed by atoms with E-state index in [1.54, 1.807) is 11.8 Å². The molecule has 2 aromatic carbocycles. The number of ether oxygens (including phenoxy) is 1. The van der Waals surface area contributed by atoms with Crippen molar-refractivity contribution >= 4 is 17.6 Å². The van der Waals surface area contributed by atoms with Crippen LogP contribution in [0.4, 0.5) is 5.69 Å². The SMILES string of the molecule is CCOC(=O)CCCC(=O)N1Cc2ccccc2C#Cc2ccccc21. The minimum atomic E-state index is -0.260. The molecule has 0 fully saturated rings. The Balaban J connectivity index is 1.83. The van der Waals surface area contributed by atoms with Crippen molar-refractivity contribution in [2.75, 3.05) is 11.5 Å². The fourth-order valence-corrected chi connectivity index (χ4v) is 2.96. The van der Waals surface area contributed by atoms with Gasteiger partial charge in [-0.15, -0.1) is 0 Å². The molecule has 3 rings (SSSR count). The van der Waals surface area contributed by atoms with Crippen molar-refractivity contribution in [3.8, 4) is 11.8 Å². The van der Waals surface area contributed by atoms with Crippen LogP contribution in [0.1, 0.15) is 42.9 Å². The van der Waals surface area contributed by atoms with Crippen LogP contribution in [0.25, 0.3) is 0 Å². The average molecular weight is 347 g/mol. The number of para-hydroxylation sites is 1. The van der Waals surface area contributed by atoms with Gasteiger partial charge in [-0.2, -0.15) is 0 Å². The van der Waals surface area contributed by atoms with Gasteiger partial charge in [-0.1, -0.05) is 42.2 Å². The Morgan fingerprint density at radius 1 is 1.00 bits per heavy atom. The Kier molecular flexibility index (Phi) is 5.70. The van der Waals surface area contributed by atoms with E-state index in [1.807, 2.05) is 48.5 Å². The first-order valence-corrected chi connectivity index (χ1v) is 8.84. The molecule has 132 valence electrons. The predicted octanol–water partition coefficient (Wildman–Crippen LogP) is 3.67. The van der Waals surface area contributed by atoms with Gasteiger partial charge in [0.25, 0.3) is 0 Å². The van der Waals surface area contributed by atoms with Gasteiger partial charge in [0.1, 0.15) is 0 Å². The third-order valence-corrected chi connectivity index (χ3v) is 4.25. The zero-order valence-corrected chi connectivity index (χ0v) is 14.8. The summed E-state index contributed by atoms with van der Waals surface area (Å²) in [6, 6.07) is 15.5. The summed E-state index contributed by atoms with van der Waals surface area (Å²) in [4.78, 5) is 26.2. The van der Waals surface area contributed by atoms with E-state index in [0.29, 0.717) is 26.0 Å². The minimum absolute atomic E-state index is 0.0137. The lowest BCUT2D eigenvalue weighted by molar-refractivity contribution is -0.143. The molecule has 0 atom stereocenters. The lowest BCUT2D eigenvalue weighted by atomic mass is 10.0. The molecule has 1 heterocycles. The first kappa shape index (κ1) is 17.8. The third kappa shape index (κ3) is 4.12. The Labute approximate surface area is 153 Å². The van der Waals surface area contributed by atoms with Gasteiger partial charge >= 0.3 is 5.97 Å². The number of rotatable bonds is 5. The second-order valence-corrected chi connectivity index (χ2v) is 6.06. The molecule has 0 spiro atoms. The topological polar surface area (TPSA) is 46.6 Å². The highest BCUT2D eigenvalue weighted by Crippen LogP contribution is 2.26. The van der Waals surface area contributed by atoms with Gasteiger partial charge in [0, 0.05) is 24.0 Å². The molecule has 1 amide bonds. The summed E-state index contributed by atoms with van der Waals surface area (Å²) in [7, 11) is 0. The molecule has 1 aliphatic rings. The summed E-state index contributed by atoms with van der Waals surface area (Å²) < 4.78 is 4.93. The number of anilines is 1. The molecule has 0 bridgehead atoms. The zero-order valence-electron chi connectivity index (χ0n) is 14.8. The molecule has 26 heavy (non-hydrogen) atoms. The Hall–Kier alpha value is -3.06. The summed E-state index contributed by atoms with van der Waals surface area (Å²) in [5, 5.41) is 0. The first-order chi connectivity index (χ1) is 12.7. The molecule has 0 aliphatic carbocycles. The average Bonchev–Trinajstić information content (AvgIpc) is 2.64. The largest absolute Gasteiger partial charge is 0.466 e. The molecule has 0 N–H and O–H groups in total. The van der Waals surface area contributed by atoms with Crippen molar-refractivity contribution in [2.24, 2.45) is 0 Å². The smallest absolute Gasteiger partial charge is 0.305 e. The molecular weight excluding hydrogens is 326 g/mol. The molecule has 1 aliphatic heterocycles. The van der Waals surface area contributed by atoms with E-state index < -0.39 is 0 Å². The molecule has 2 aromatic rings. The monoisotopic (exact) mass is 347 g/mol. The molecule has 4 heteroatoms. The van der Waals surface area contributed by atoms with E-state index in [1.165, 1.54) is 0 Å². The summed E-state index contributed by atoms with van der Waals surface area (Å²) >= 11 is 0. The number of hydrogen-bond acceptors (Lipinski definition) is 3. The number of carbonyl (C=O) groups excluding carboxylic acids is 2. The lowest BCUT2D eigenvalue weighted by Gasteiger charge is -2.26. The minimum Gasteiger partial charge on any atom is -0.466 e. The number of esters is 1. The molecular formula is C22H21NO3. The fraction of sp³-hybridized carbons (Fsp3) is 0.273. The molecule has 0 unspecified atom stereocenters. The maximum atomic E-state index is 12.9. The molecule has 0 radical (unpaired) electrons. The zero-order chi connectivity index (χ0) is 18.4. The highest BCUT2D eigenvalue weighted by molar-refractivity contribution is 5.95. The van der Waals surface area contributed by atoms with Crippen LogP contribution in [0.2, 0.25) is 0 Å². The second kappa shape index (κ2) is 8.35. The molecule has 0 saturated carbocycles. The van der Waals surface area contributed by atoms with E-state index in [0.717, 1.165) is 22.4 Å². The van der Waals surface area contributed by atoms with Crippen LogP contribution in [0.15, 0.2) is 48.5 Å². The molecule has 4 nitrogen and oxygen atoms in total. The maximum absolute atomic E-state index is 12.9. The van der Waals surface area contributed by atoms with Crippen LogP contribution in [0, 0.1) is 11.8 Å². The van der Waals surface area contributed by atoms with Crippen molar-refractivity contribution in [3.63, 3.8) is 0 Å². The summed E-state index contributed by atoms with van der Waals surface area (Å²) in [6.07, 6.45) is 1.03. The van der Waals surface area contributed by atoms with Crippen molar-refractivity contribution in [3.05, 3.63) is 65.2 Å². The summed E-state index contributed by atoms with van der Waals surface area (Å²) in [5.41, 5.74) is 3.61. The fourth-order valence-electron chi connectivity index (χ4n) is 2.96. The van der Waals surface area contributed by atoms with Crippen molar-refractivity contribution in [1.29, 1.82) is 0 Å². The lowest BCUT2D eigenvalue weighted by Crippen LogP contribution is -2.31. The highest BCUT2D eigenvalue weighted by atomic mass is 16.5. The van der Waals surface area contributed by atoms with Crippen molar-refractivity contribution in [1.82, 2.24) is 0 Å². The molecule has 0 aromatic heterocycles. The normalized spacial score (nSPS) is 12.0. The van der Waals surface area contributed by atoms with E-state index in [9.17, 15) is 9.59 Å². The van der Waals surface area contributed by atoms with Crippen LogP contribution in [0.3, 0.4) is 0 Å². The van der Waals surface area contributed by atoms with Gasteiger partial charge in [-0.25, -0.2) is 0 Å². The van der Waals surface area contributed by atoms with Crippen LogP contribution >= 0.6 is 0 Å². The van der Waals surface area contributed by atoms with Crippen LogP contribution in [-0.4, -0.2) is 18.5 Å². The van der Waals surface area contributed by atoms with Crippen LogP contribution in [0.5, 0.6) is 0 Å². The summed E-state index contributed by atoms with van der Waals surface area (Å²) in [5.74, 6) is 6.11. The number of fused-ring (bicyclic) bond motifs is 2. The third-order valence-electron chi connectivity index (χ3n) is 4.25. The molecule has 0 saturated heterocycles. The highest BCUT2D eigenvalue weighted by Gasteiger charge is 2.21. The summed E-state index contributed by atoms with van der Waals surface area (Å²) in [6.45, 7) is 2.61. The van der Waals surface area contributed by atoms with Gasteiger partial charge in [0.2, 0.25) is 5.91 Å².